The summed E-state index contributed by atoms with van der Waals surface area (Å²) in [4.78, 5) is 16.9. The van der Waals surface area contributed by atoms with Crippen LogP contribution >= 0.6 is 0 Å². The van der Waals surface area contributed by atoms with Crippen molar-refractivity contribution in [2.75, 3.05) is 38.2 Å². The number of hydrogen-bond donors (Lipinski definition) is 2. The zero-order valence-corrected chi connectivity index (χ0v) is 19.0. The van der Waals surface area contributed by atoms with Gasteiger partial charge in [0.2, 0.25) is 5.91 Å². The zero-order chi connectivity index (χ0) is 23.4. The number of piperazine rings is 1. The fourth-order valence-corrected chi connectivity index (χ4v) is 4.24. The van der Waals surface area contributed by atoms with E-state index in [2.05, 4.69) is 11.9 Å². The van der Waals surface area contributed by atoms with Gasteiger partial charge in [-0.05, 0) is 56.2 Å². The molecule has 6 nitrogen and oxygen atoms in total. The van der Waals surface area contributed by atoms with Crippen LogP contribution in [0, 0.1) is 18.7 Å². The van der Waals surface area contributed by atoms with Crippen LogP contribution in [-0.2, 0) is 9.53 Å². The van der Waals surface area contributed by atoms with Crippen molar-refractivity contribution in [3.05, 3.63) is 83.6 Å². The van der Waals surface area contributed by atoms with Gasteiger partial charge in [0.1, 0.15) is 11.6 Å². The molecule has 3 N–H and O–H groups in total. The smallest absolute Gasteiger partial charge is 0.226 e. The van der Waals surface area contributed by atoms with Gasteiger partial charge in [-0.3, -0.25) is 4.79 Å². The SMILES string of the molecule is C=C1CN(C(=O)C2CCOCC2)CCN1/C(Nc1ccc(C)cc1)=C(\N)c1ccc(F)cc1. The molecule has 0 bridgehead atoms. The number of rotatable bonds is 5. The van der Waals surface area contributed by atoms with E-state index in [0.717, 1.165) is 29.8 Å². The number of carbonyl (C=O) groups excluding carboxylic acids is 1. The van der Waals surface area contributed by atoms with Gasteiger partial charge in [-0.2, -0.15) is 0 Å². The molecule has 2 fully saturated rings. The molecule has 0 aromatic heterocycles. The third kappa shape index (κ3) is 5.37. The molecule has 0 saturated carbocycles. The Bertz CT molecular complexity index is 1030. The van der Waals surface area contributed by atoms with Crippen LogP contribution in [-0.4, -0.2) is 48.6 Å². The minimum Gasteiger partial charge on any atom is -0.395 e. The Labute approximate surface area is 194 Å². The highest BCUT2D eigenvalue weighted by molar-refractivity contribution is 5.79. The van der Waals surface area contributed by atoms with E-state index in [1.165, 1.54) is 12.1 Å². The predicted molar refractivity (Wildman–Crippen MR) is 128 cm³/mol. The van der Waals surface area contributed by atoms with E-state index in [1.54, 1.807) is 12.1 Å². The third-order valence-electron chi connectivity index (χ3n) is 6.23. The van der Waals surface area contributed by atoms with Crippen LogP contribution in [0.15, 0.2) is 66.6 Å². The largest absolute Gasteiger partial charge is 0.395 e. The van der Waals surface area contributed by atoms with Gasteiger partial charge in [-0.1, -0.05) is 24.3 Å². The van der Waals surface area contributed by atoms with Gasteiger partial charge in [-0.15, -0.1) is 0 Å². The second-order valence-electron chi connectivity index (χ2n) is 8.62. The lowest BCUT2D eigenvalue weighted by molar-refractivity contribution is -0.139. The fourth-order valence-electron chi connectivity index (χ4n) is 4.24. The number of halogens is 1. The van der Waals surface area contributed by atoms with Crippen molar-refractivity contribution in [1.82, 2.24) is 9.80 Å². The van der Waals surface area contributed by atoms with E-state index < -0.39 is 0 Å². The van der Waals surface area contributed by atoms with Gasteiger partial charge in [-0.25, -0.2) is 4.39 Å². The number of benzene rings is 2. The standard InChI is InChI=1S/C26H31FN4O2/c1-18-3-9-23(10-4-18)29-25(24(28)20-5-7-22(27)8-6-20)31-14-13-30(17-19(31)2)26(32)21-11-15-33-16-12-21/h3-10,21,29H,2,11-17,28H2,1H3/b25-24-. The van der Waals surface area contributed by atoms with Crippen LogP contribution in [0.1, 0.15) is 24.0 Å². The molecule has 174 valence electrons. The molecule has 2 saturated heterocycles. The van der Waals surface area contributed by atoms with Crippen molar-refractivity contribution in [2.24, 2.45) is 11.7 Å². The Balaban J connectivity index is 1.58. The highest BCUT2D eigenvalue weighted by Gasteiger charge is 2.31. The molecule has 4 rings (SSSR count). The lowest BCUT2D eigenvalue weighted by Gasteiger charge is -2.41. The van der Waals surface area contributed by atoms with Gasteiger partial charge in [0.05, 0.1) is 12.2 Å². The van der Waals surface area contributed by atoms with Crippen molar-refractivity contribution in [3.63, 3.8) is 0 Å². The quantitative estimate of drug-likeness (QED) is 0.723. The number of aryl methyl sites for hydroxylation is 1. The number of carbonyl (C=O) groups is 1. The molecule has 1 amide bonds. The number of anilines is 1. The minimum atomic E-state index is -0.316. The first-order valence-corrected chi connectivity index (χ1v) is 11.3. The number of hydrogen-bond acceptors (Lipinski definition) is 5. The lowest BCUT2D eigenvalue weighted by atomic mass is 9.98. The Morgan fingerprint density at radius 2 is 1.76 bits per heavy atom. The highest BCUT2D eigenvalue weighted by atomic mass is 19.1. The lowest BCUT2D eigenvalue weighted by Crippen LogP contribution is -2.50. The van der Waals surface area contributed by atoms with Crippen molar-refractivity contribution in [2.45, 2.75) is 19.8 Å². The summed E-state index contributed by atoms with van der Waals surface area (Å²) in [7, 11) is 0. The number of amides is 1. The van der Waals surface area contributed by atoms with Crippen LogP contribution in [0.25, 0.3) is 5.70 Å². The average Bonchev–Trinajstić information content (AvgIpc) is 2.84. The molecule has 2 aliphatic heterocycles. The van der Waals surface area contributed by atoms with Gasteiger partial charge in [0.15, 0.2) is 0 Å². The Morgan fingerprint density at radius 3 is 2.39 bits per heavy atom. The van der Waals surface area contributed by atoms with E-state index in [0.29, 0.717) is 49.9 Å². The molecule has 2 aromatic rings. The Hall–Kier alpha value is -3.32. The average molecular weight is 451 g/mol. The Morgan fingerprint density at radius 1 is 1.09 bits per heavy atom. The summed E-state index contributed by atoms with van der Waals surface area (Å²) in [6.07, 6.45) is 1.53. The number of ether oxygens (including phenoxy) is 1. The van der Waals surface area contributed by atoms with E-state index in [-0.39, 0.29) is 17.6 Å². The number of nitrogens with two attached hydrogens (primary N) is 1. The van der Waals surface area contributed by atoms with Gasteiger partial charge in [0.25, 0.3) is 0 Å². The molecular formula is C26H31FN4O2. The Kier molecular flexibility index (Phi) is 6.99. The summed E-state index contributed by atoms with van der Waals surface area (Å²) in [5, 5.41) is 3.43. The molecular weight excluding hydrogens is 419 g/mol. The normalized spacial score (nSPS) is 18.2. The number of nitrogens with one attached hydrogen (secondary N) is 1. The maximum atomic E-state index is 13.5. The van der Waals surface area contributed by atoms with Crippen molar-refractivity contribution < 1.29 is 13.9 Å². The van der Waals surface area contributed by atoms with Gasteiger partial charge in [0, 0.05) is 49.2 Å². The van der Waals surface area contributed by atoms with Crippen molar-refractivity contribution in [1.29, 1.82) is 0 Å². The van der Waals surface area contributed by atoms with E-state index in [4.69, 9.17) is 10.5 Å². The number of nitrogens with zero attached hydrogens (tertiary/aromatic N) is 2. The van der Waals surface area contributed by atoms with E-state index in [9.17, 15) is 9.18 Å². The first kappa shape index (κ1) is 22.9. The molecule has 2 aliphatic rings. The highest BCUT2D eigenvalue weighted by Crippen LogP contribution is 2.27. The summed E-state index contributed by atoms with van der Waals surface area (Å²) in [6, 6.07) is 14.1. The monoisotopic (exact) mass is 450 g/mol. The molecule has 2 heterocycles. The molecule has 0 radical (unpaired) electrons. The molecule has 0 atom stereocenters. The minimum absolute atomic E-state index is 0.0167. The summed E-state index contributed by atoms with van der Waals surface area (Å²) < 4.78 is 18.9. The zero-order valence-electron chi connectivity index (χ0n) is 19.0. The van der Waals surface area contributed by atoms with Crippen LogP contribution in [0.5, 0.6) is 0 Å². The van der Waals surface area contributed by atoms with Gasteiger partial charge < -0.3 is 25.6 Å². The van der Waals surface area contributed by atoms with Crippen LogP contribution in [0.2, 0.25) is 0 Å². The summed E-state index contributed by atoms with van der Waals surface area (Å²) in [6.45, 7) is 9.14. The van der Waals surface area contributed by atoms with E-state index in [1.807, 2.05) is 41.0 Å². The van der Waals surface area contributed by atoms with Crippen LogP contribution in [0.3, 0.4) is 0 Å². The maximum absolute atomic E-state index is 13.5. The summed E-state index contributed by atoms with van der Waals surface area (Å²) in [5.41, 5.74) is 10.6. The predicted octanol–water partition coefficient (Wildman–Crippen LogP) is 3.92. The fraction of sp³-hybridized carbons (Fsp3) is 0.346. The summed E-state index contributed by atoms with van der Waals surface area (Å²) in [5.74, 6) is 0.545. The van der Waals surface area contributed by atoms with Gasteiger partial charge >= 0.3 is 0 Å². The molecule has 7 heteroatoms. The maximum Gasteiger partial charge on any atom is 0.226 e. The van der Waals surface area contributed by atoms with Crippen molar-refractivity contribution >= 4 is 17.3 Å². The van der Waals surface area contributed by atoms with Crippen LogP contribution in [0.4, 0.5) is 10.1 Å². The first-order valence-electron chi connectivity index (χ1n) is 11.3. The first-order chi connectivity index (χ1) is 15.9. The molecule has 0 unspecified atom stereocenters. The third-order valence-corrected chi connectivity index (χ3v) is 6.23. The van der Waals surface area contributed by atoms with Crippen molar-refractivity contribution in [3.8, 4) is 0 Å². The molecule has 33 heavy (non-hydrogen) atoms. The summed E-state index contributed by atoms with van der Waals surface area (Å²) >= 11 is 0. The molecule has 2 aromatic carbocycles. The molecule has 0 aliphatic carbocycles. The molecule has 0 spiro atoms. The second-order valence-corrected chi connectivity index (χ2v) is 8.62. The second kappa shape index (κ2) is 10.1. The van der Waals surface area contributed by atoms with E-state index >= 15 is 0 Å². The topological polar surface area (TPSA) is 70.8 Å². The van der Waals surface area contributed by atoms with Crippen LogP contribution < -0.4 is 11.1 Å².